The zero-order chi connectivity index (χ0) is 18.8. The number of nitrogens with zero attached hydrogens (tertiary/aromatic N) is 6. The van der Waals surface area contributed by atoms with Gasteiger partial charge in [-0.1, -0.05) is 6.92 Å². The fourth-order valence-corrected chi connectivity index (χ4v) is 4.52. The minimum absolute atomic E-state index is 0.206. The number of β-amino-alcohol motifs (C(OH)–C–C–N with tert-alkyl or cyclic N) is 1. The van der Waals surface area contributed by atoms with Gasteiger partial charge in [-0.05, 0) is 32.7 Å². The lowest BCUT2D eigenvalue weighted by atomic mass is 10.1. The second-order valence-electron chi connectivity index (χ2n) is 8.30. The van der Waals surface area contributed by atoms with E-state index < -0.39 is 0 Å². The number of aromatic nitrogens is 2. The van der Waals surface area contributed by atoms with Gasteiger partial charge in [0, 0.05) is 64.1 Å². The summed E-state index contributed by atoms with van der Waals surface area (Å²) in [4.78, 5) is 19.1. The molecule has 3 saturated heterocycles. The van der Waals surface area contributed by atoms with E-state index in [2.05, 4.69) is 39.6 Å². The number of hydrogen-bond acceptors (Lipinski definition) is 7. The molecule has 0 saturated carbocycles. The van der Waals surface area contributed by atoms with Crippen molar-refractivity contribution in [2.24, 2.45) is 0 Å². The van der Waals surface area contributed by atoms with E-state index in [1.165, 1.54) is 19.3 Å². The highest BCUT2D eigenvalue weighted by atomic mass is 16.3. The largest absolute Gasteiger partial charge is 0.390 e. The van der Waals surface area contributed by atoms with Gasteiger partial charge in [0.25, 0.3) is 0 Å². The lowest BCUT2D eigenvalue weighted by molar-refractivity contribution is 0.0512. The van der Waals surface area contributed by atoms with Crippen LogP contribution in [0.15, 0.2) is 6.07 Å². The first-order chi connectivity index (χ1) is 13.1. The summed E-state index contributed by atoms with van der Waals surface area (Å²) in [5.74, 6) is 1.86. The van der Waals surface area contributed by atoms with Crippen LogP contribution in [0.5, 0.6) is 0 Å². The van der Waals surface area contributed by atoms with Crippen molar-refractivity contribution in [2.75, 3.05) is 69.2 Å². The minimum Gasteiger partial charge on any atom is -0.390 e. The van der Waals surface area contributed by atoms with Gasteiger partial charge in [-0.25, -0.2) is 4.98 Å². The molecule has 7 heteroatoms. The highest BCUT2D eigenvalue weighted by molar-refractivity contribution is 5.48. The third-order valence-corrected chi connectivity index (χ3v) is 6.34. The Kier molecular flexibility index (Phi) is 5.80. The van der Waals surface area contributed by atoms with Crippen LogP contribution in [0.25, 0.3) is 0 Å². The number of aryl methyl sites for hydroxylation is 1. The maximum absolute atomic E-state index is 10.7. The van der Waals surface area contributed by atoms with Crippen LogP contribution in [0.1, 0.15) is 31.9 Å². The first-order valence-corrected chi connectivity index (χ1v) is 10.6. The molecule has 150 valence electrons. The van der Waals surface area contributed by atoms with Gasteiger partial charge < -0.3 is 19.8 Å². The Morgan fingerprint density at radius 2 is 1.70 bits per heavy atom. The summed E-state index contributed by atoms with van der Waals surface area (Å²) in [6.45, 7) is 10.0. The number of piperidine rings is 1. The topological polar surface area (TPSA) is 59.0 Å². The van der Waals surface area contributed by atoms with Crippen LogP contribution in [0.3, 0.4) is 0 Å². The Labute approximate surface area is 163 Å². The van der Waals surface area contributed by atoms with Gasteiger partial charge >= 0.3 is 0 Å². The van der Waals surface area contributed by atoms with Crippen LogP contribution in [0, 0.1) is 0 Å². The molecule has 0 radical (unpaired) electrons. The molecule has 0 aliphatic carbocycles. The third-order valence-electron chi connectivity index (χ3n) is 6.34. The summed E-state index contributed by atoms with van der Waals surface area (Å²) in [6, 6.07) is 2.32. The molecule has 0 bridgehead atoms. The summed E-state index contributed by atoms with van der Waals surface area (Å²) in [5, 5.41) is 10.7. The van der Waals surface area contributed by atoms with Crippen molar-refractivity contribution in [2.45, 2.75) is 44.8 Å². The molecule has 0 unspecified atom stereocenters. The second kappa shape index (κ2) is 8.29. The monoisotopic (exact) mass is 374 g/mol. The molecule has 2 atom stereocenters. The fourth-order valence-electron chi connectivity index (χ4n) is 4.52. The highest BCUT2D eigenvalue weighted by Gasteiger charge is 2.37. The number of likely N-dealkylation sites (N-methyl/N-ethyl adjacent to an activating group) is 1. The standard InChI is InChI=1S/C20H34N6O/c1-3-16-13-19(22-20(21-16)25-7-5-4-6-8-25)26-14-17(18(27)15-26)24-11-9-23(2)10-12-24/h13,17-18,27H,3-12,14-15H2,1-2H3/t17-,18-/m0/s1. The summed E-state index contributed by atoms with van der Waals surface area (Å²) in [7, 11) is 2.17. The molecular formula is C20H34N6O. The van der Waals surface area contributed by atoms with Crippen molar-refractivity contribution < 1.29 is 5.11 Å². The van der Waals surface area contributed by atoms with E-state index in [0.717, 1.165) is 69.7 Å². The van der Waals surface area contributed by atoms with Crippen LogP contribution in [-0.2, 0) is 6.42 Å². The quantitative estimate of drug-likeness (QED) is 0.837. The number of rotatable bonds is 4. The van der Waals surface area contributed by atoms with Gasteiger partial charge in [0.2, 0.25) is 5.95 Å². The van der Waals surface area contributed by atoms with E-state index in [-0.39, 0.29) is 12.1 Å². The maximum atomic E-state index is 10.7. The maximum Gasteiger partial charge on any atom is 0.227 e. The first kappa shape index (κ1) is 18.9. The van der Waals surface area contributed by atoms with Crippen molar-refractivity contribution in [3.05, 3.63) is 11.8 Å². The Hall–Kier alpha value is -1.44. The molecule has 3 fully saturated rings. The van der Waals surface area contributed by atoms with Gasteiger partial charge in [0.15, 0.2) is 0 Å². The Balaban J connectivity index is 1.50. The molecule has 0 aromatic carbocycles. The predicted molar refractivity (Wildman–Crippen MR) is 109 cm³/mol. The van der Waals surface area contributed by atoms with E-state index >= 15 is 0 Å². The second-order valence-corrected chi connectivity index (χ2v) is 8.30. The van der Waals surface area contributed by atoms with Crippen molar-refractivity contribution in [3.63, 3.8) is 0 Å². The summed E-state index contributed by atoms with van der Waals surface area (Å²) >= 11 is 0. The first-order valence-electron chi connectivity index (χ1n) is 10.6. The highest BCUT2D eigenvalue weighted by Crippen LogP contribution is 2.26. The van der Waals surface area contributed by atoms with Gasteiger partial charge in [0.05, 0.1) is 12.1 Å². The molecule has 0 spiro atoms. The lowest BCUT2D eigenvalue weighted by Crippen LogP contribution is -2.52. The van der Waals surface area contributed by atoms with Crippen LogP contribution >= 0.6 is 0 Å². The van der Waals surface area contributed by atoms with E-state index in [1.54, 1.807) is 0 Å². The Morgan fingerprint density at radius 3 is 2.41 bits per heavy atom. The Bertz CT molecular complexity index is 627. The summed E-state index contributed by atoms with van der Waals surface area (Å²) in [6.07, 6.45) is 4.36. The molecule has 1 N–H and O–H groups in total. The van der Waals surface area contributed by atoms with Gasteiger partial charge in [-0.15, -0.1) is 0 Å². The van der Waals surface area contributed by atoms with Crippen LogP contribution < -0.4 is 9.80 Å². The van der Waals surface area contributed by atoms with Crippen molar-refractivity contribution in [1.82, 2.24) is 19.8 Å². The fraction of sp³-hybridized carbons (Fsp3) is 0.800. The molecule has 0 amide bonds. The Morgan fingerprint density at radius 1 is 0.963 bits per heavy atom. The van der Waals surface area contributed by atoms with Gasteiger partial charge in [-0.3, -0.25) is 4.90 Å². The average Bonchev–Trinajstić information content (AvgIpc) is 3.10. The lowest BCUT2D eigenvalue weighted by Gasteiger charge is -2.37. The summed E-state index contributed by atoms with van der Waals surface area (Å²) < 4.78 is 0. The van der Waals surface area contributed by atoms with E-state index in [4.69, 9.17) is 9.97 Å². The third kappa shape index (κ3) is 4.20. The normalized spacial score (nSPS) is 28.1. The van der Waals surface area contributed by atoms with E-state index in [0.29, 0.717) is 6.54 Å². The zero-order valence-corrected chi connectivity index (χ0v) is 16.8. The zero-order valence-electron chi connectivity index (χ0n) is 16.8. The molecule has 1 aromatic heterocycles. The number of piperazine rings is 1. The van der Waals surface area contributed by atoms with E-state index in [1.807, 2.05) is 0 Å². The van der Waals surface area contributed by atoms with Gasteiger partial charge in [-0.2, -0.15) is 4.98 Å². The van der Waals surface area contributed by atoms with Crippen LogP contribution in [0.2, 0.25) is 0 Å². The van der Waals surface area contributed by atoms with Crippen LogP contribution in [0.4, 0.5) is 11.8 Å². The number of aliphatic hydroxyl groups is 1. The molecule has 4 rings (SSSR count). The van der Waals surface area contributed by atoms with Crippen molar-refractivity contribution >= 4 is 11.8 Å². The molecular weight excluding hydrogens is 340 g/mol. The van der Waals surface area contributed by atoms with Crippen molar-refractivity contribution in [3.8, 4) is 0 Å². The van der Waals surface area contributed by atoms with Crippen LogP contribution in [-0.4, -0.2) is 96.4 Å². The minimum atomic E-state index is -0.313. The average molecular weight is 375 g/mol. The number of anilines is 2. The van der Waals surface area contributed by atoms with E-state index in [9.17, 15) is 5.11 Å². The molecule has 1 aromatic rings. The molecule has 3 aliphatic heterocycles. The molecule has 4 heterocycles. The number of aliphatic hydroxyl groups excluding tert-OH is 1. The molecule has 3 aliphatic rings. The number of hydrogen-bond donors (Lipinski definition) is 1. The summed E-state index contributed by atoms with van der Waals surface area (Å²) in [5.41, 5.74) is 1.10. The smallest absolute Gasteiger partial charge is 0.227 e. The van der Waals surface area contributed by atoms with Crippen molar-refractivity contribution in [1.29, 1.82) is 0 Å². The molecule has 7 nitrogen and oxygen atoms in total. The molecule has 27 heavy (non-hydrogen) atoms. The predicted octanol–water partition coefficient (Wildman–Crippen LogP) is 0.826. The van der Waals surface area contributed by atoms with Gasteiger partial charge in [0.1, 0.15) is 5.82 Å². The SMILES string of the molecule is CCc1cc(N2C[C@H](O)[C@@H](N3CCN(C)CC3)C2)nc(N2CCCCC2)n1.